The van der Waals surface area contributed by atoms with Crippen LogP contribution in [0.4, 0.5) is 0 Å². The van der Waals surface area contributed by atoms with Crippen molar-refractivity contribution < 1.29 is 19.0 Å². The van der Waals surface area contributed by atoms with Crippen molar-refractivity contribution in [3.8, 4) is 0 Å². The highest BCUT2D eigenvalue weighted by atomic mass is 16.8. The summed E-state index contributed by atoms with van der Waals surface area (Å²) in [6.07, 6.45) is 0.238. The maximum atomic E-state index is 10.4. The lowest BCUT2D eigenvalue weighted by Gasteiger charge is -2.14. The van der Waals surface area contributed by atoms with E-state index in [1.165, 1.54) is 0 Å². The van der Waals surface area contributed by atoms with E-state index in [2.05, 4.69) is 0 Å². The van der Waals surface area contributed by atoms with Gasteiger partial charge >= 0.3 is 0 Å². The maximum Gasteiger partial charge on any atom is 0.225 e. The first-order valence-electron chi connectivity index (χ1n) is 3.60. The zero-order valence-corrected chi connectivity index (χ0v) is 6.70. The molecule has 1 rings (SSSR count). The molecule has 0 bridgehead atoms. The van der Waals surface area contributed by atoms with Crippen LogP contribution in [-0.2, 0) is 19.0 Å². The van der Waals surface area contributed by atoms with Gasteiger partial charge in [0.25, 0.3) is 0 Å². The summed E-state index contributed by atoms with van der Waals surface area (Å²) in [4.78, 5) is 10.4. The van der Waals surface area contributed by atoms with Gasteiger partial charge in [-0.05, 0) is 13.8 Å². The van der Waals surface area contributed by atoms with Crippen molar-refractivity contribution in [2.45, 2.75) is 25.9 Å². The molecule has 11 heavy (non-hydrogen) atoms. The van der Waals surface area contributed by atoms with E-state index in [1.54, 1.807) is 6.92 Å². The molecule has 0 radical (unpaired) electrons. The Morgan fingerprint density at radius 2 is 2.55 bits per heavy atom. The summed E-state index contributed by atoms with van der Waals surface area (Å²) in [6, 6.07) is 0. The van der Waals surface area contributed by atoms with Gasteiger partial charge in [0.15, 0.2) is 12.6 Å². The second-order valence-corrected chi connectivity index (χ2v) is 2.45. The zero-order chi connectivity index (χ0) is 8.32. The monoisotopic (exact) mass is 160 g/mol. The van der Waals surface area contributed by atoms with Crippen molar-refractivity contribution in [2.24, 2.45) is 0 Å². The lowest BCUT2D eigenvalue weighted by molar-refractivity contribution is -0.192. The van der Waals surface area contributed by atoms with E-state index in [0.29, 0.717) is 19.5 Å². The van der Waals surface area contributed by atoms with Gasteiger partial charge < -0.3 is 14.2 Å². The van der Waals surface area contributed by atoms with Gasteiger partial charge in [0, 0.05) is 6.61 Å². The van der Waals surface area contributed by atoms with Gasteiger partial charge in [-0.1, -0.05) is 0 Å². The summed E-state index contributed by atoms with van der Waals surface area (Å²) in [7, 11) is 0. The van der Waals surface area contributed by atoms with Gasteiger partial charge in [-0.3, -0.25) is 4.79 Å². The Kier molecular flexibility index (Phi) is 2.59. The smallest absolute Gasteiger partial charge is 0.225 e. The Bertz CT molecular complexity index is 147. The van der Waals surface area contributed by atoms with E-state index in [9.17, 15) is 4.79 Å². The minimum Gasteiger partial charge on any atom is -0.350 e. The molecule has 4 nitrogen and oxygen atoms in total. The van der Waals surface area contributed by atoms with Crippen molar-refractivity contribution in [1.82, 2.24) is 0 Å². The Morgan fingerprint density at radius 1 is 1.82 bits per heavy atom. The van der Waals surface area contributed by atoms with E-state index in [4.69, 9.17) is 14.2 Å². The third kappa shape index (κ3) is 1.99. The summed E-state index contributed by atoms with van der Waals surface area (Å²) in [5, 5.41) is 0. The molecular formula is C7H12O4. The molecule has 0 spiro atoms. The molecule has 4 heteroatoms. The number of carbonyl (C=O) groups excluding carboxylic acids is 1. The summed E-state index contributed by atoms with van der Waals surface area (Å²) in [6.45, 7) is 4.31. The molecule has 2 atom stereocenters. The molecule has 1 saturated heterocycles. The van der Waals surface area contributed by atoms with Crippen LogP contribution < -0.4 is 0 Å². The molecule has 0 aromatic heterocycles. The third-order valence-corrected chi connectivity index (χ3v) is 1.44. The predicted octanol–water partition coefficient (Wildman–Crippen LogP) is 0.311. The van der Waals surface area contributed by atoms with E-state index in [-0.39, 0.29) is 0 Å². The largest absolute Gasteiger partial charge is 0.350 e. The highest BCUT2D eigenvalue weighted by molar-refractivity contribution is 5.59. The number of hydrogen-bond acceptors (Lipinski definition) is 4. The molecule has 0 amide bonds. The molecule has 1 aliphatic rings. The van der Waals surface area contributed by atoms with Crippen molar-refractivity contribution in [3.05, 3.63) is 0 Å². The molecule has 1 fully saturated rings. The molecule has 0 saturated carbocycles. The normalized spacial score (nSPS) is 37.5. The predicted molar refractivity (Wildman–Crippen MR) is 36.9 cm³/mol. The van der Waals surface area contributed by atoms with Gasteiger partial charge in [-0.15, -0.1) is 0 Å². The highest BCUT2D eigenvalue weighted by Gasteiger charge is 2.37. The molecule has 0 aromatic rings. The topological polar surface area (TPSA) is 44.8 Å². The summed E-state index contributed by atoms with van der Waals surface area (Å²) in [5.41, 5.74) is 0. The van der Waals surface area contributed by atoms with Crippen LogP contribution in [0.15, 0.2) is 0 Å². The van der Waals surface area contributed by atoms with E-state index in [1.807, 2.05) is 6.92 Å². The molecule has 0 N–H and O–H groups in total. The minimum absolute atomic E-state index is 0.323. The van der Waals surface area contributed by atoms with E-state index >= 15 is 0 Å². The molecule has 1 heterocycles. The second kappa shape index (κ2) is 3.30. The first-order valence-corrected chi connectivity index (χ1v) is 3.60. The molecule has 2 unspecified atom stereocenters. The third-order valence-electron chi connectivity index (χ3n) is 1.44. The number of ether oxygens (including phenoxy) is 3. The summed E-state index contributed by atoms with van der Waals surface area (Å²) < 4.78 is 15.3. The fourth-order valence-electron chi connectivity index (χ4n) is 0.892. The Labute approximate surface area is 65.4 Å². The summed E-state index contributed by atoms with van der Waals surface area (Å²) in [5.74, 6) is -1.10. The molecule has 0 aromatic carbocycles. The number of rotatable bonds is 3. The van der Waals surface area contributed by atoms with Gasteiger partial charge in [0.2, 0.25) is 5.79 Å². The van der Waals surface area contributed by atoms with Gasteiger partial charge in [-0.2, -0.15) is 0 Å². The Morgan fingerprint density at radius 3 is 3.00 bits per heavy atom. The SMILES string of the molecule is CCOC1COC(C)(C=O)O1. The van der Waals surface area contributed by atoms with E-state index < -0.39 is 12.1 Å². The maximum absolute atomic E-state index is 10.4. The minimum atomic E-state index is -1.10. The first kappa shape index (κ1) is 8.64. The average molecular weight is 160 g/mol. The fraction of sp³-hybridized carbons (Fsp3) is 0.857. The lowest BCUT2D eigenvalue weighted by Crippen LogP contribution is -2.28. The first-order chi connectivity index (χ1) is 5.20. The zero-order valence-electron chi connectivity index (χ0n) is 6.70. The standard InChI is InChI=1S/C7H12O4/c1-3-9-6-4-10-7(2,5-8)11-6/h5-6H,3-4H2,1-2H3. The van der Waals surface area contributed by atoms with Crippen LogP contribution in [0, 0.1) is 0 Å². The molecule has 0 aliphatic carbocycles. The van der Waals surface area contributed by atoms with E-state index in [0.717, 1.165) is 0 Å². The number of carbonyl (C=O) groups is 1. The van der Waals surface area contributed by atoms with Gasteiger partial charge in [-0.25, -0.2) is 0 Å². The van der Waals surface area contributed by atoms with Crippen molar-refractivity contribution >= 4 is 6.29 Å². The lowest BCUT2D eigenvalue weighted by atomic mass is 10.4. The molecule has 1 aliphatic heterocycles. The van der Waals surface area contributed by atoms with Crippen LogP contribution in [0.25, 0.3) is 0 Å². The van der Waals surface area contributed by atoms with Crippen LogP contribution in [0.3, 0.4) is 0 Å². The van der Waals surface area contributed by atoms with Gasteiger partial charge in [0.1, 0.15) is 6.61 Å². The van der Waals surface area contributed by atoms with Crippen molar-refractivity contribution in [2.75, 3.05) is 13.2 Å². The van der Waals surface area contributed by atoms with Crippen LogP contribution in [0.5, 0.6) is 0 Å². The molecular weight excluding hydrogens is 148 g/mol. The Hall–Kier alpha value is -0.450. The molecule has 64 valence electrons. The van der Waals surface area contributed by atoms with Crippen molar-refractivity contribution in [3.63, 3.8) is 0 Å². The number of hydrogen-bond donors (Lipinski definition) is 0. The average Bonchev–Trinajstić information content (AvgIpc) is 2.35. The quantitative estimate of drug-likeness (QED) is 0.557. The number of aldehydes is 1. The van der Waals surface area contributed by atoms with Crippen LogP contribution in [0.2, 0.25) is 0 Å². The highest BCUT2D eigenvalue weighted by Crippen LogP contribution is 2.21. The van der Waals surface area contributed by atoms with Crippen molar-refractivity contribution in [1.29, 1.82) is 0 Å². The van der Waals surface area contributed by atoms with Gasteiger partial charge in [0.05, 0.1) is 0 Å². The second-order valence-electron chi connectivity index (χ2n) is 2.45. The fourth-order valence-corrected chi connectivity index (χ4v) is 0.892. The summed E-state index contributed by atoms with van der Waals surface area (Å²) >= 11 is 0. The Balaban J connectivity index is 2.39. The van der Waals surface area contributed by atoms with Crippen LogP contribution in [0.1, 0.15) is 13.8 Å². The van der Waals surface area contributed by atoms with Crippen LogP contribution in [-0.4, -0.2) is 31.6 Å². The van der Waals surface area contributed by atoms with Crippen LogP contribution >= 0.6 is 0 Å².